The molecule has 1 aliphatic carbocycles. The summed E-state index contributed by atoms with van der Waals surface area (Å²) in [7, 11) is 1.83. The minimum absolute atomic E-state index is 0.302. The lowest BCUT2D eigenvalue weighted by atomic mass is 9.87. The molecule has 0 bridgehead atoms. The highest BCUT2D eigenvalue weighted by Crippen LogP contribution is 2.26. The average molecular weight is 283 g/mol. The third-order valence-corrected chi connectivity index (χ3v) is 4.65. The van der Waals surface area contributed by atoms with Crippen LogP contribution >= 0.6 is 12.2 Å². The van der Waals surface area contributed by atoms with Crippen molar-refractivity contribution in [2.24, 2.45) is 5.92 Å². The molecule has 0 unspecified atom stereocenters. The van der Waals surface area contributed by atoms with E-state index in [0.717, 1.165) is 38.8 Å². The Morgan fingerprint density at radius 2 is 1.74 bits per heavy atom. The topological polar surface area (TPSA) is 44.4 Å². The van der Waals surface area contributed by atoms with E-state index in [1.807, 2.05) is 7.05 Å². The van der Waals surface area contributed by atoms with Crippen LogP contribution in [0.2, 0.25) is 0 Å². The predicted molar refractivity (Wildman–Crippen MR) is 81.0 cm³/mol. The summed E-state index contributed by atoms with van der Waals surface area (Å²) in [6.07, 6.45) is 7.95. The van der Waals surface area contributed by atoms with E-state index in [1.165, 1.54) is 19.3 Å². The van der Waals surface area contributed by atoms with Gasteiger partial charge in [0.05, 0.1) is 0 Å². The fourth-order valence-corrected chi connectivity index (χ4v) is 3.28. The van der Waals surface area contributed by atoms with Gasteiger partial charge in [0, 0.05) is 32.1 Å². The zero-order valence-electron chi connectivity index (χ0n) is 11.8. The van der Waals surface area contributed by atoms with Gasteiger partial charge in [0.2, 0.25) is 5.91 Å². The van der Waals surface area contributed by atoms with Gasteiger partial charge in [0.15, 0.2) is 5.11 Å². The number of carbonyl (C=O) groups is 1. The van der Waals surface area contributed by atoms with Crippen LogP contribution in [0.5, 0.6) is 0 Å². The third kappa shape index (κ3) is 4.06. The highest BCUT2D eigenvalue weighted by Gasteiger charge is 2.29. The van der Waals surface area contributed by atoms with E-state index in [0.29, 0.717) is 23.0 Å². The fourth-order valence-electron chi connectivity index (χ4n) is 3.11. The molecule has 0 atom stereocenters. The Kier molecular flexibility index (Phi) is 5.43. The molecule has 0 aromatic carbocycles. The summed E-state index contributed by atoms with van der Waals surface area (Å²) in [6.45, 7) is 1.75. The van der Waals surface area contributed by atoms with Crippen molar-refractivity contribution < 1.29 is 4.79 Å². The highest BCUT2D eigenvalue weighted by molar-refractivity contribution is 7.80. The Balaban J connectivity index is 1.76. The van der Waals surface area contributed by atoms with Crippen LogP contribution in [0.4, 0.5) is 0 Å². The zero-order chi connectivity index (χ0) is 13.7. The maximum atomic E-state index is 12.4. The average Bonchev–Trinajstić information content (AvgIpc) is 2.48. The number of likely N-dealkylation sites (tertiary alicyclic amines) is 1. The highest BCUT2D eigenvalue weighted by atomic mass is 32.1. The molecule has 1 saturated carbocycles. The van der Waals surface area contributed by atoms with Gasteiger partial charge in [-0.25, -0.2) is 0 Å². The maximum absolute atomic E-state index is 12.4. The smallest absolute Gasteiger partial charge is 0.225 e. The molecule has 1 heterocycles. The Morgan fingerprint density at radius 1 is 1.11 bits per heavy atom. The summed E-state index contributed by atoms with van der Waals surface area (Å²) in [5.74, 6) is 0.700. The van der Waals surface area contributed by atoms with E-state index in [4.69, 9.17) is 12.2 Å². The molecule has 2 rings (SSSR count). The molecule has 1 aliphatic heterocycles. The number of thiocarbonyl (C=S) groups is 1. The second-order valence-electron chi connectivity index (χ2n) is 5.66. The van der Waals surface area contributed by atoms with Crippen molar-refractivity contribution in [3.05, 3.63) is 0 Å². The van der Waals surface area contributed by atoms with Crippen molar-refractivity contribution in [3.8, 4) is 0 Å². The van der Waals surface area contributed by atoms with Crippen LogP contribution < -0.4 is 10.6 Å². The van der Waals surface area contributed by atoms with Crippen LogP contribution in [-0.2, 0) is 4.79 Å². The minimum atomic E-state index is 0.302. The molecule has 1 amide bonds. The second-order valence-corrected chi connectivity index (χ2v) is 6.07. The Bertz CT molecular complexity index is 321. The van der Waals surface area contributed by atoms with Gasteiger partial charge in [-0.15, -0.1) is 0 Å². The van der Waals surface area contributed by atoms with Crippen molar-refractivity contribution in [3.63, 3.8) is 0 Å². The molecule has 0 aromatic heterocycles. The first-order valence-electron chi connectivity index (χ1n) is 7.47. The van der Waals surface area contributed by atoms with E-state index >= 15 is 0 Å². The summed E-state index contributed by atoms with van der Waals surface area (Å²) < 4.78 is 0. The molecule has 4 nitrogen and oxygen atoms in total. The normalized spacial score (nSPS) is 22.1. The van der Waals surface area contributed by atoms with Gasteiger partial charge in [0.1, 0.15) is 0 Å². The second kappa shape index (κ2) is 7.08. The number of nitrogens with zero attached hydrogens (tertiary/aromatic N) is 1. The van der Waals surface area contributed by atoms with E-state index in [9.17, 15) is 4.79 Å². The summed E-state index contributed by atoms with van der Waals surface area (Å²) >= 11 is 5.12. The SMILES string of the molecule is CNC(=S)NC1CCN(C(=O)C2CCCCC2)CC1. The van der Waals surface area contributed by atoms with E-state index < -0.39 is 0 Å². The summed E-state index contributed by atoms with van der Waals surface area (Å²) in [5, 5.41) is 6.93. The molecule has 1 saturated heterocycles. The molecule has 108 valence electrons. The van der Waals surface area contributed by atoms with Crippen molar-refractivity contribution in [1.82, 2.24) is 15.5 Å². The molecule has 0 spiro atoms. The quantitative estimate of drug-likeness (QED) is 0.757. The van der Waals surface area contributed by atoms with Gasteiger partial charge >= 0.3 is 0 Å². The molecule has 2 fully saturated rings. The number of rotatable bonds is 2. The first kappa shape index (κ1) is 14.6. The number of carbonyl (C=O) groups excluding carboxylic acids is 1. The van der Waals surface area contributed by atoms with Crippen LogP contribution in [-0.4, -0.2) is 42.1 Å². The van der Waals surface area contributed by atoms with Gasteiger partial charge < -0.3 is 15.5 Å². The van der Waals surface area contributed by atoms with Crippen LogP contribution in [0.15, 0.2) is 0 Å². The van der Waals surface area contributed by atoms with Crippen molar-refractivity contribution in [1.29, 1.82) is 0 Å². The third-order valence-electron chi connectivity index (χ3n) is 4.32. The molecular weight excluding hydrogens is 258 g/mol. The number of hydrogen-bond donors (Lipinski definition) is 2. The van der Waals surface area contributed by atoms with Gasteiger partial charge in [-0.05, 0) is 37.9 Å². The Hall–Kier alpha value is -0.840. The first-order chi connectivity index (χ1) is 9.20. The van der Waals surface area contributed by atoms with Crippen LogP contribution in [0, 0.1) is 5.92 Å². The molecule has 2 N–H and O–H groups in total. The lowest BCUT2D eigenvalue weighted by Crippen LogP contribution is -2.49. The van der Waals surface area contributed by atoms with Crippen molar-refractivity contribution in [2.75, 3.05) is 20.1 Å². The lowest BCUT2D eigenvalue weighted by molar-refractivity contribution is -0.137. The number of piperidine rings is 1. The van der Waals surface area contributed by atoms with E-state index in [2.05, 4.69) is 15.5 Å². The summed E-state index contributed by atoms with van der Waals surface area (Å²) in [5.41, 5.74) is 0. The van der Waals surface area contributed by atoms with E-state index in [-0.39, 0.29) is 0 Å². The standard InChI is InChI=1S/C14H25N3OS/c1-15-14(19)16-12-7-9-17(10-8-12)13(18)11-5-3-2-4-6-11/h11-12H,2-10H2,1H3,(H2,15,16,19). The van der Waals surface area contributed by atoms with Gasteiger partial charge in [-0.3, -0.25) is 4.79 Å². The van der Waals surface area contributed by atoms with Crippen LogP contribution in [0.1, 0.15) is 44.9 Å². The van der Waals surface area contributed by atoms with E-state index in [1.54, 1.807) is 0 Å². The molecule has 2 aliphatic rings. The van der Waals surface area contributed by atoms with Crippen LogP contribution in [0.3, 0.4) is 0 Å². The lowest BCUT2D eigenvalue weighted by Gasteiger charge is -2.35. The fraction of sp³-hybridized carbons (Fsp3) is 0.857. The van der Waals surface area contributed by atoms with Gasteiger partial charge in [-0.2, -0.15) is 0 Å². The monoisotopic (exact) mass is 283 g/mol. The summed E-state index contributed by atoms with van der Waals surface area (Å²) in [6, 6.07) is 0.412. The molecule has 19 heavy (non-hydrogen) atoms. The first-order valence-corrected chi connectivity index (χ1v) is 7.88. The Morgan fingerprint density at radius 3 is 2.32 bits per heavy atom. The van der Waals surface area contributed by atoms with Crippen molar-refractivity contribution >= 4 is 23.2 Å². The molecule has 0 radical (unpaired) electrons. The maximum Gasteiger partial charge on any atom is 0.225 e. The Labute approximate surface area is 121 Å². The molecular formula is C14H25N3OS. The number of amides is 1. The molecule has 0 aromatic rings. The van der Waals surface area contributed by atoms with Crippen molar-refractivity contribution in [2.45, 2.75) is 51.0 Å². The molecule has 5 heteroatoms. The van der Waals surface area contributed by atoms with Crippen LogP contribution in [0.25, 0.3) is 0 Å². The summed E-state index contributed by atoms with van der Waals surface area (Å²) in [4.78, 5) is 14.5. The predicted octanol–water partition coefficient (Wildman–Crippen LogP) is 1.65. The minimum Gasteiger partial charge on any atom is -0.366 e. The van der Waals surface area contributed by atoms with Gasteiger partial charge in [0.25, 0.3) is 0 Å². The largest absolute Gasteiger partial charge is 0.366 e. The number of nitrogens with one attached hydrogen (secondary N) is 2. The number of hydrogen-bond acceptors (Lipinski definition) is 2. The zero-order valence-corrected chi connectivity index (χ0v) is 12.6. The van der Waals surface area contributed by atoms with Gasteiger partial charge in [-0.1, -0.05) is 19.3 Å².